The predicted molar refractivity (Wildman–Crippen MR) is 94.1 cm³/mol. The summed E-state index contributed by atoms with van der Waals surface area (Å²) in [4.78, 5) is 34.8. The van der Waals surface area contributed by atoms with E-state index in [1.54, 1.807) is 17.0 Å². The van der Waals surface area contributed by atoms with Crippen LogP contribution < -0.4 is 5.32 Å². The standard InChI is InChI=1S/C19H19FN4O3/c20-13-3-1-2-12(6-13)7-18(25)24-9-14-15(11-27-16(14)10-24)19(26)23-17-8-21-4-5-22-17/h1-6,8,14-16H,7,9-11H2,(H,22,23,26)/t14-,15+,16+/m0/s1. The largest absolute Gasteiger partial charge is 0.375 e. The maximum absolute atomic E-state index is 13.3. The number of likely N-dealkylation sites (tertiary alicyclic amines) is 1. The molecule has 3 atom stereocenters. The lowest BCUT2D eigenvalue weighted by Gasteiger charge is -2.19. The number of amides is 2. The van der Waals surface area contributed by atoms with Crippen LogP contribution >= 0.6 is 0 Å². The predicted octanol–water partition coefficient (Wildman–Crippen LogP) is 1.27. The van der Waals surface area contributed by atoms with Gasteiger partial charge >= 0.3 is 0 Å². The fourth-order valence-corrected chi connectivity index (χ4v) is 3.70. The van der Waals surface area contributed by atoms with Gasteiger partial charge in [-0.3, -0.25) is 14.6 Å². The number of aromatic nitrogens is 2. The molecule has 1 aromatic carbocycles. The summed E-state index contributed by atoms with van der Waals surface area (Å²) in [6.07, 6.45) is 4.50. The third-order valence-corrected chi connectivity index (χ3v) is 5.06. The van der Waals surface area contributed by atoms with E-state index in [1.165, 1.54) is 30.7 Å². The van der Waals surface area contributed by atoms with Crippen molar-refractivity contribution in [3.05, 3.63) is 54.2 Å². The first kappa shape index (κ1) is 17.5. The molecule has 7 nitrogen and oxygen atoms in total. The van der Waals surface area contributed by atoms with E-state index in [4.69, 9.17) is 4.74 Å². The molecule has 140 valence electrons. The van der Waals surface area contributed by atoms with Crippen molar-refractivity contribution in [2.75, 3.05) is 25.0 Å². The van der Waals surface area contributed by atoms with Crippen LogP contribution in [0.1, 0.15) is 5.56 Å². The molecule has 0 radical (unpaired) electrons. The number of carbonyl (C=O) groups excluding carboxylic acids is 2. The first-order chi connectivity index (χ1) is 13.1. The summed E-state index contributed by atoms with van der Waals surface area (Å²) in [7, 11) is 0. The van der Waals surface area contributed by atoms with Gasteiger partial charge in [-0.1, -0.05) is 12.1 Å². The van der Waals surface area contributed by atoms with Gasteiger partial charge < -0.3 is 15.0 Å². The average molecular weight is 370 g/mol. The van der Waals surface area contributed by atoms with Gasteiger partial charge in [-0.15, -0.1) is 0 Å². The highest BCUT2D eigenvalue weighted by Gasteiger charge is 2.47. The van der Waals surface area contributed by atoms with Gasteiger partial charge in [0.05, 0.1) is 31.2 Å². The Bertz CT molecular complexity index is 848. The number of rotatable bonds is 4. The monoisotopic (exact) mass is 370 g/mol. The number of benzene rings is 1. The van der Waals surface area contributed by atoms with E-state index >= 15 is 0 Å². The van der Waals surface area contributed by atoms with Crippen molar-refractivity contribution in [1.82, 2.24) is 14.9 Å². The zero-order chi connectivity index (χ0) is 18.8. The van der Waals surface area contributed by atoms with E-state index in [2.05, 4.69) is 15.3 Å². The minimum Gasteiger partial charge on any atom is -0.375 e. The Morgan fingerprint density at radius 3 is 2.96 bits per heavy atom. The molecule has 0 unspecified atom stereocenters. The zero-order valence-corrected chi connectivity index (χ0v) is 14.5. The molecule has 2 amide bonds. The maximum Gasteiger partial charge on any atom is 0.231 e. The maximum atomic E-state index is 13.3. The number of ether oxygens (including phenoxy) is 1. The van der Waals surface area contributed by atoms with Gasteiger partial charge in [0.1, 0.15) is 5.82 Å². The number of hydrogen-bond acceptors (Lipinski definition) is 5. The van der Waals surface area contributed by atoms with Gasteiger partial charge in [0.2, 0.25) is 11.8 Å². The van der Waals surface area contributed by atoms with E-state index in [-0.39, 0.29) is 42.0 Å². The molecular weight excluding hydrogens is 351 g/mol. The number of halogens is 1. The lowest BCUT2D eigenvalue weighted by molar-refractivity contribution is -0.131. The fourth-order valence-electron chi connectivity index (χ4n) is 3.70. The Kier molecular flexibility index (Phi) is 4.81. The van der Waals surface area contributed by atoms with Crippen molar-refractivity contribution in [2.24, 2.45) is 11.8 Å². The highest BCUT2D eigenvalue weighted by atomic mass is 19.1. The van der Waals surface area contributed by atoms with Gasteiger partial charge in [0, 0.05) is 31.4 Å². The van der Waals surface area contributed by atoms with Gasteiger partial charge in [-0.2, -0.15) is 0 Å². The van der Waals surface area contributed by atoms with Crippen molar-refractivity contribution in [3.63, 3.8) is 0 Å². The molecule has 1 aromatic heterocycles. The van der Waals surface area contributed by atoms with Gasteiger partial charge in [-0.05, 0) is 17.7 Å². The molecule has 1 N–H and O–H groups in total. The quantitative estimate of drug-likeness (QED) is 0.876. The Hall–Kier alpha value is -2.87. The summed E-state index contributed by atoms with van der Waals surface area (Å²) in [5.74, 6) is -0.637. The van der Waals surface area contributed by atoms with Gasteiger partial charge in [-0.25, -0.2) is 9.37 Å². The number of anilines is 1. The Morgan fingerprint density at radius 1 is 1.30 bits per heavy atom. The smallest absolute Gasteiger partial charge is 0.231 e. The Labute approximate surface area is 155 Å². The lowest BCUT2D eigenvalue weighted by Crippen LogP contribution is -2.35. The molecule has 2 aliphatic heterocycles. The number of hydrogen-bond donors (Lipinski definition) is 1. The topological polar surface area (TPSA) is 84.4 Å². The molecule has 2 fully saturated rings. The molecule has 0 spiro atoms. The summed E-state index contributed by atoms with van der Waals surface area (Å²) >= 11 is 0. The van der Waals surface area contributed by atoms with Crippen LogP contribution in [0, 0.1) is 17.7 Å². The zero-order valence-electron chi connectivity index (χ0n) is 14.5. The van der Waals surface area contributed by atoms with E-state index < -0.39 is 0 Å². The number of nitrogens with zero attached hydrogens (tertiary/aromatic N) is 3. The van der Waals surface area contributed by atoms with Gasteiger partial charge in [0.25, 0.3) is 0 Å². The second-order valence-corrected chi connectivity index (χ2v) is 6.83. The average Bonchev–Trinajstić information content (AvgIpc) is 3.23. The highest BCUT2D eigenvalue weighted by molar-refractivity contribution is 5.92. The van der Waals surface area contributed by atoms with Crippen molar-refractivity contribution in [1.29, 1.82) is 0 Å². The summed E-state index contributed by atoms with van der Waals surface area (Å²) in [6.45, 7) is 1.23. The third kappa shape index (κ3) is 3.80. The van der Waals surface area contributed by atoms with Crippen molar-refractivity contribution in [2.45, 2.75) is 12.5 Å². The molecule has 0 saturated carbocycles. The van der Waals surface area contributed by atoms with Crippen LogP contribution in [0.25, 0.3) is 0 Å². The van der Waals surface area contributed by atoms with Crippen LogP contribution in [0.15, 0.2) is 42.9 Å². The molecule has 2 aromatic rings. The second-order valence-electron chi connectivity index (χ2n) is 6.83. The first-order valence-electron chi connectivity index (χ1n) is 8.81. The highest BCUT2D eigenvalue weighted by Crippen LogP contribution is 2.34. The molecule has 2 saturated heterocycles. The van der Waals surface area contributed by atoms with E-state index in [0.29, 0.717) is 31.1 Å². The van der Waals surface area contributed by atoms with Crippen molar-refractivity contribution < 1.29 is 18.7 Å². The second kappa shape index (κ2) is 7.40. The molecule has 27 heavy (non-hydrogen) atoms. The van der Waals surface area contributed by atoms with Crippen LogP contribution in [0.4, 0.5) is 10.2 Å². The first-order valence-corrected chi connectivity index (χ1v) is 8.81. The Balaban J connectivity index is 1.37. The summed E-state index contributed by atoms with van der Waals surface area (Å²) in [6, 6.07) is 6.03. The SMILES string of the molecule is O=C(Nc1cnccn1)[C@@H]1CO[C@@H]2CN(C(=O)Cc3cccc(F)c3)C[C@H]21. The Morgan fingerprint density at radius 2 is 2.19 bits per heavy atom. The van der Waals surface area contributed by atoms with Crippen molar-refractivity contribution in [3.8, 4) is 0 Å². The summed E-state index contributed by atoms with van der Waals surface area (Å²) in [5, 5.41) is 2.75. The van der Waals surface area contributed by atoms with Crippen LogP contribution in [0.2, 0.25) is 0 Å². The summed E-state index contributed by atoms with van der Waals surface area (Å²) < 4.78 is 19.1. The molecule has 0 aliphatic carbocycles. The molecule has 8 heteroatoms. The molecule has 4 rings (SSSR count). The normalized spacial score (nSPS) is 23.9. The third-order valence-electron chi connectivity index (χ3n) is 5.06. The lowest BCUT2D eigenvalue weighted by atomic mass is 9.92. The number of fused-ring (bicyclic) bond motifs is 1. The van der Waals surface area contributed by atoms with E-state index in [1.807, 2.05) is 0 Å². The van der Waals surface area contributed by atoms with E-state index in [9.17, 15) is 14.0 Å². The van der Waals surface area contributed by atoms with Crippen molar-refractivity contribution >= 4 is 17.6 Å². The molecule has 3 heterocycles. The van der Waals surface area contributed by atoms with Crippen LogP contribution in [-0.4, -0.2) is 52.5 Å². The molecule has 0 bridgehead atoms. The minimum atomic E-state index is -0.359. The molecular formula is C19H19FN4O3. The van der Waals surface area contributed by atoms with E-state index in [0.717, 1.165) is 0 Å². The van der Waals surface area contributed by atoms with Gasteiger partial charge in [0.15, 0.2) is 5.82 Å². The fraction of sp³-hybridized carbons (Fsp3) is 0.368. The van der Waals surface area contributed by atoms with Crippen LogP contribution in [-0.2, 0) is 20.7 Å². The van der Waals surface area contributed by atoms with Crippen LogP contribution in [0.5, 0.6) is 0 Å². The van der Waals surface area contributed by atoms with Crippen LogP contribution in [0.3, 0.4) is 0 Å². The number of carbonyl (C=O) groups is 2. The summed E-state index contributed by atoms with van der Waals surface area (Å²) in [5.41, 5.74) is 0.634. The number of nitrogens with one attached hydrogen (secondary N) is 1. The minimum absolute atomic E-state index is 0.0573. The molecule has 2 aliphatic rings.